The molecule has 0 radical (unpaired) electrons. The van der Waals surface area contributed by atoms with Crippen LogP contribution in [0.5, 0.6) is 5.75 Å². The van der Waals surface area contributed by atoms with Crippen molar-refractivity contribution in [3.8, 4) is 5.75 Å². The van der Waals surface area contributed by atoms with Crippen molar-refractivity contribution in [3.05, 3.63) is 28.2 Å². The lowest BCUT2D eigenvalue weighted by molar-refractivity contribution is -0.137. The van der Waals surface area contributed by atoms with Crippen LogP contribution in [0.1, 0.15) is 39.0 Å². The molecular formula is C16H21Cl2NO4. The topological polar surface area (TPSA) is 75.6 Å². The fourth-order valence-corrected chi connectivity index (χ4v) is 2.38. The first kappa shape index (κ1) is 19.6. The third-order valence-electron chi connectivity index (χ3n) is 3.18. The number of carboxylic acids is 1. The molecule has 1 amide bonds. The zero-order valence-electron chi connectivity index (χ0n) is 13.0. The molecule has 1 unspecified atom stereocenters. The summed E-state index contributed by atoms with van der Waals surface area (Å²) in [6.45, 7) is 2.18. The summed E-state index contributed by atoms with van der Waals surface area (Å²) in [5.41, 5.74) is 0. The molecule has 1 aromatic rings. The number of unbranched alkanes of at least 4 members (excludes halogenated alkanes) is 3. The van der Waals surface area contributed by atoms with Crippen LogP contribution in [-0.2, 0) is 9.59 Å². The second-order valence-corrected chi connectivity index (χ2v) is 6.03. The van der Waals surface area contributed by atoms with E-state index in [0.29, 0.717) is 28.8 Å². The Morgan fingerprint density at radius 2 is 1.91 bits per heavy atom. The zero-order chi connectivity index (χ0) is 17.2. The quantitative estimate of drug-likeness (QED) is 0.619. The minimum absolute atomic E-state index is 0.194. The first-order valence-corrected chi connectivity index (χ1v) is 8.27. The fraction of sp³-hybridized carbons (Fsp3) is 0.500. The van der Waals surface area contributed by atoms with E-state index in [1.54, 1.807) is 25.1 Å². The van der Waals surface area contributed by atoms with E-state index in [2.05, 4.69) is 5.32 Å². The number of carbonyl (C=O) groups excluding carboxylic acids is 1. The summed E-state index contributed by atoms with van der Waals surface area (Å²) in [4.78, 5) is 22.3. The average molecular weight is 362 g/mol. The predicted octanol–water partition coefficient (Wildman–Crippen LogP) is 3.91. The molecule has 0 bridgehead atoms. The van der Waals surface area contributed by atoms with Crippen LogP contribution >= 0.6 is 23.2 Å². The summed E-state index contributed by atoms with van der Waals surface area (Å²) in [6, 6.07) is 4.82. The Bertz CT molecular complexity index is 537. The number of carbonyl (C=O) groups is 2. The van der Waals surface area contributed by atoms with Gasteiger partial charge in [0, 0.05) is 18.0 Å². The predicted molar refractivity (Wildman–Crippen MR) is 90.3 cm³/mol. The third-order valence-corrected chi connectivity index (χ3v) is 3.71. The van der Waals surface area contributed by atoms with Crippen molar-refractivity contribution in [2.45, 2.75) is 45.1 Å². The van der Waals surface area contributed by atoms with Gasteiger partial charge in [0.1, 0.15) is 5.75 Å². The highest BCUT2D eigenvalue weighted by molar-refractivity contribution is 6.35. The monoisotopic (exact) mass is 361 g/mol. The Kier molecular flexibility index (Phi) is 8.81. The van der Waals surface area contributed by atoms with Gasteiger partial charge in [-0.1, -0.05) is 36.0 Å². The Morgan fingerprint density at radius 3 is 2.57 bits per heavy atom. The molecule has 23 heavy (non-hydrogen) atoms. The number of ether oxygens (including phenoxy) is 1. The average Bonchev–Trinajstić information content (AvgIpc) is 2.48. The first-order valence-electron chi connectivity index (χ1n) is 7.51. The summed E-state index contributed by atoms with van der Waals surface area (Å²) in [5, 5.41) is 12.2. The molecule has 2 N–H and O–H groups in total. The number of hydrogen-bond donors (Lipinski definition) is 2. The van der Waals surface area contributed by atoms with Crippen LogP contribution in [0.2, 0.25) is 10.0 Å². The van der Waals surface area contributed by atoms with Gasteiger partial charge < -0.3 is 15.2 Å². The molecule has 0 aliphatic carbocycles. The maximum Gasteiger partial charge on any atom is 0.303 e. The minimum Gasteiger partial charge on any atom is -0.481 e. The molecule has 0 fully saturated rings. The molecule has 1 rings (SSSR count). The standard InChI is InChI=1S/C16H21Cl2NO4/c1-11(23-14-8-7-12(17)10-13(14)18)16(22)19-9-5-3-2-4-6-15(20)21/h7-8,10-11H,2-6,9H2,1H3,(H,19,22)(H,20,21). The molecule has 0 spiro atoms. The van der Waals surface area contributed by atoms with Gasteiger partial charge in [0.2, 0.25) is 0 Å². The molecule has 0 saturated carbocycles. The van der Waals surface area contributed by atoms with E-state index in [1.807, 2.05) is 0 Å². The van der Waals surface area contributed by atoms with E-state index in [1.165, 1.54) is 0 Å². The molecule has 0 saturated heterocycles. The van der Waals surface area contributed by atoms with Crippen LogP contribution in [0.15, 0.2) is 18.2 Å². The van der Waals surface area contributed by atoms with Crippen molar-refractivity contribution < 1.29 is 19.4 Å². The van der Waals surface area contributed by atoms with Crippen LogP contribution in [0.4, 0.5) is 0 Å². The van der Waals surface area contributed by atoms with Crippen LogP contribution in [0, 0.1) is 0 Å². The lowest BCUT2D eigenvalue weighted by Gasteiger charge is -2.15. The summed E-state index contributed by atoms with van der Waals surface area (Å²) < 4.78 is 5.52. The van der Waals surface area contributed by atoms with Gasteiger partial charge in [0.05, 0.1) is 5.02 Å². The molecule has 128 valence electrons. The highest BCUT2D eigenvalue weighted by atomic mass is 35.5. The molecule has 0 aliphatic rings. The Hall–Kier alpha value is -1.46. The normalized spacial score (nSPS) is 11.8. The van der Waals surface area contributed by atoms with Crippen LogP contribution in [-0.4, -0.2) is 29.6 Å². The molecule has 0 aromatic heterocycles. The summed E-state index contributed by atoms with van der Waals surface area (Å²) in [6.07, 6.45) is 2.72. The smallest absolute Gasteiger partial charge is 0.303 e. The number of benzene rings is 1. The zero-order valence-corrected chi connectivity index (χ0v) is 14.5. The first-order chi connectivity index (χ1) is 10.9. The maximum absolute atomic E-state index is 11.9. The van der Waals surface area contributed by atoms with Crippen LogP contribution in [0.3, 0.4) is 0 Å². The number of carboxylic acid groups (broad SMARTS) is 1. The van der Waals surface area contributed by atoms with E-state index in [0.717, 1.165) is 19.3 Å². The van der Waals surface area contributed by atoms with Crippen molar-refractivity contribution in [3.63, 3.8) is 0 Å². The highest BCUT2D eigenvalue weighted by Crippen LogP contribution is 2.28. The molecule has 5 nitrogen and oxygen atoms in total. The van der Waals surface area contributed by atoms with Gasteiger partial charge in [0.15, 0.2) is 6.10 Å². The van der Waals surface area contributed by atoms with Gasteiger partial charge in [-0.15, -0.1) is 0 Å². The number of nitrogens with one attached hydrogen (secondary N) is 1. The summed E-state index contributed by atoms with van der Waals surface area (Å²) in [5.74, 6) is -0.584. The maximum atomic E-state index is 11.9. The van der Waals surface area contributed by atoms with E-state index in [9.17, 15) is 9.59 Å². The molecule has 7 heteroatoms. The third kappa shape index (κ3) is 8.09. The van der Waals surface area contributed by atoms with Crippen molar-refractivity contribution in [1.82, 2.24) is 5.32 Å². The van der Waals surface area contributed by atoms with Gasteiger partial charge in [-0.3, -0.25) is 9.59 Å². The van der Waals surface area contributed by atoms with Crippen molar-refractivity contribution in [2.24, 2.45) is 0 Å². The van der Waals surface area contributed by atoms with E-state index in [4.69, 9.17) is 33.0 Å². The molecule has 0 heterocycles. The number of aliphatic carboxylic acids is 1. The van der Waals surface area contributed by atoms with Gasteiger partial charge in [0.25, 0.3) is 5.91 Å². The Balaban J connectivity index is 2.22. The number of amides is 1. The Labute approximate surface area is 145 Å². The molecular weight excluding hydrogens is 341 g/mol. The summed E-state index contributed by atoms with van der Waals surface area (Å²) >= 11 is 11.8. The van der Waals surface area contributed by atoms with E-state index >= 15 is 0 Å². The highest BCUT2D eigenvalue weighted by Gasteiger charge is 2.15. The lowest BCUT2D eigenvalue weighted by atomic mass is 10.1. The lowest BCUT2D eigenvalue weighted by Crippen LogP contribution is -2.36. The van der Waals surface area contributed by atoms with Gasteiger partial charge in [-0.05, 0) is 38.0 Å². The molecule has 1 atom stereocenters. The van der Waals surface area contributed by atoms with E-state index < -0.39 is 12.1 Å². The van der Waals surface area contributed by atoms with Gasteiger partial charge in [-0.25, -0.2) is 0 Å². The number of hydrogen-bond acceptors (Lipinski definition) is 3. The van der Waals surface area contributed by atoms with Crippen LogP contribution in [0.25, 0.3) is 0 Å². The SMILES string of the molecule is CC(Oc1ccc(Cl)cc1Cl)C(=O)NCCCCCCC(=O)O. The van der Waals surface area contributed by atoms with Gasteiger partial charge >= 0.3 is 5.97 Å². The second kappa shape index (κ2) is 10.3. The Morgan fingerprint density at radius 1 is 1.22 bits per heavy atom. The van der Waals surface area contributed by atoms with Crippen molar-refractivity contribution in [1.29, 1.82) is 0 Å². The fourth-order valence-electron chi connectivity index (χ4n) is 1.92. The van der Waals surface area contributed by atoms with Crippen LogP contribution < -0.4 is 10.1 Å². The number of halogens is 2. The van der Waals surface area contributed by atoms with E-state index in [-0.39, 0.29) is 12.3 Å². The minimum atomic E-state index is -0.773. The van der Waals surface area contributed by atoms with Gasteiger partial charge in [-0.2, -0.15) is 0 Å². The van der Waals surface area contributed by atoms with Crippen molar-refractivity contribution in [2.75, 3.05) is 6.54 Å². The number of rotatable bonds is 10. The van der Waals surface area contributed by atoms with Crippen molar-refractivity contribution >= 4 is 35.1 Å². The second-order valence-electron chi connectivity index (χ2n) is 5.18. The summed E-state index contributed by atoms with van der Waals surface area (Å²) in [7, 11) is 0. The molecule has 1 aromatic carbocycles. The molecule has 0 aliphatic heterocycles. The largest absolute Gasteiger partial charge is 0.481 e.